The third-order valence-corrected chi connectivity index (χ3v) is 10.3. The van der Waals surface area contributed by atoms with Gasteiger partial charge in [-0.3, -0.25) is 4.79 Å². The smallest absolute Gasteiger partial charge is 0.303 e. The normalized spacial score (nSPS) is 44.8. The third-order valence-electron chi connectivity index (χ3n) is 10.3. The molecular weight excluding hydrogens is 764 g/mol. The number of unbranched alkanes of at least 4 members (excludes halogenated alkanes) is 5. The third kappa shape index (κ3) is 11.5. The van der Waals surface area contributed by atoms with Crippen molar-refractivity contribution in [1.82, 2.24) is 0 Å². The molecule has 328 valence electrons. The van der Waals surface area contributed by atoms with Crippen molar-refractivity contribution in [3.63, 3.8) is 0 Å². The summed E-state index contributed by atoms with van der Waals surface area (Å²) in [6.45, 7) is -3.32. The molecular formula is C33H58O23. The van der Waals surface area contributed by atoms with Crippen LogP contribution < -0.4 is 0 Å². The van der Waals surface area contributed by atoms with E-state index in [1.807, 2.05) is 0 Å². The van der Waals surface area contributed by atoms with Crippen LogP contribution >= 0.6 is 0 Å². The number of aliphatic carboxylic acids is 1. The van der Waals surface area contributed by atoms with Gasteiger partial charge < -0.3 is 109 Å². The first-order valence-electron chi connectivity index (χ1n) is 18.7. The lowest BCUT2D eigenvalue weighted by atomic mass is 9.96. The first kappa shape index (κ1) is 47.3. The SMILES string of the molecule is O=C(O)CCCCCCCCO[C@H]1OC(CO)[C@@H](O)[C@H](O)C1O[C@@H]1OC(CO)[C@@H](O)[C@H](O)C1O[C@@H]1OC(CO)[C@@H](O)[C@H](O)C1O[C@@H]1OC(CO)[C@@H](O)[C@H](O)C1O. The van der Waals surface area contributed by atoms with Crippen molar-refractivity contribution < 1.29 is 114 Å². The Morgan fingerprint density at radius 3 is 1.18 bits per heavy atom. The van der Waals surface area contributed by atoms with Gasteiger partial charge in [0.1, 0.15) is 97.7 Å². The average molecular weight is 823 g/mol. The van der Waals surface area contributed by atoms with Crippen molar-refractivity contribution in [3.8, 4) is 0 Å². The summed E-state index contributed by atoms with van der Waals surface area (Å²) in [6, 6.07) is 0. The van der Waals surface area contributed by atoms with E-state index in [0.29, 0.717) is 19.3 Å². The van der Waals surface area contributed by atoms with E-state index in [0.717, 1.165) is 19.3 Å². The molecule has 0 aromatic rings. The van der Waals surface area contributed by atoms with Crippen LogP contribution in [0.3, 0.4) is 0 Å². The van der Waals surface area contributed by atoms with Crippen LogP contribution in [0.4, 0.5) is 0 Å². The van der Waals surface area contributed by atoms with Crippen molar-refractivity contribution in [2.75, 3.05) is 33.0 Å². The van der Waals surface area contributed by atoms with Gasteiger partial charge in [-0.15, -0.1) is 0 Å². The zero-order valence-electron chi connectivity index (χ0n) is 30.5. The van der Waals surface area contributed by atoms with Crippen molar-refractivity contribution in [3.05, 3.63) is 0 Å². The molecule has 4 heterocycles. The minimum absolute atomic E-state index is 0.0301. The highest BCUT2D eigenvalue weighted by Gasteiger charge is 2.56. The van der Waals surface area contributed by atoms with Gasteiger partial charge in [0.25, 0.3) is 0 Å². The summed E-state index contributed by atoms with van der Waals surface area (Å²) >= 11 is 0. The summed E-state index contributed by atoms with van der Waals surface area (Å²) in [5.74, 6) is -0.869. The van der Waals surface area contributed by atoms with E-state index in [2.05, 4.69) is 0 Å². The van der Waals surface area contributed by atoms with E-state index >= 15 is 0 Å². The summed E-state index contributed by atoms with van der Waals surface area (Å²) in [5, 5.41) is 145. The van der Waals surface area contributed by atoms with Gasteiger partial charge in [-0.25, -0.2) is 0 Å². The maximum atomic E-state index is 11.3. The number of ether oxygens (including phenoxy) is 8. The molecule has 8 unspecified atom stereocenters. The highest BCUT2D eigenvalue weighted by atomic mass is 16.8. The summed E-state index contributed by atoms with van der Waals surface area (Å²) < 4.78 is 45.8. The minimum atomic E-state index is -2.02. The van der Waals surface area contributed by atoms with Gasteiger partial charge in [0.15, 0.2) is 25.2 Å². The second-order valence-electron chi connectivity index (χ2n) is 14.3. The zero-order valence-corrected chi connectivity index (χ0v) is 30.5. The highest BCUT2D eigenvalue weighted by Crippen LogP contribution is 2.35. The molecule has 0 aromatic heterocycles. The van der Waals surface area contributed by atoms with Gasteiger partial charge in [-0.05, 0) is 12.8 Å². The van der Waals surface area contributed by atoms with E-state index in [1.54, 1.807) is 0 Å². The average Bonchev–Trinajstić information content (AvgIpc) is 3.18. The summed E-state index contributed by atoms with van der Waals surface area (Å²) in [5.41, 5.74) is 0. The summed E-state index contributed by atoms with van der Waals surface area (Å²) in [6.07, 6.45) is -31.7. The van der Waals surface area contributed by atoms with Gasteiger partial charge in [-0.1, -0.05) is 25.7 Å². The molecule has 0 saturated carbocycles. The van der Waals surface area contributed by atoms with E-state index in [-0.39, 0.29) is 13.0 Å². The van der Waals surface area contributed by atoms with Crippen LogP contribution in [0.25, 0.3) is 0 Å². The molecule has 0 aliphatic carbocycles. The molecule has 0 radical (unpaired) electrons. The first-order chi connectivity index (χ1) is 26.7. The number of carboxylic acids is 1. The van der Waals surface area contributed by atoms with Gasteiger partial charge in [-0.2, -0.15) is 0 Å². The molecule has 4 saturated heterocycles. The molecule has 14 N–H and O–H groups in total. The van der Waals surface area contributed by atoms with Crippen molar-refractivity contribution in [2.45, 2.75) is 168 Å². The molecule has 0 spiro atoms. The number of aliphatic hydroxyl groups is 13. The second kappa shape index (κ2) is 22.3. The van der Waals surface area contributed by atoms with Crippen LogP contribution in [-0.4, -0.2) is 233 Å². The van der Waals surface area contributed by atoms with Crippen LogP contribution in [0.2, 0.25) is 0 Å². The molecule has 23 heteroatoms. The van der Waals surface area contributed by atoms with Gasteiger partial charge in [0, 0.05) is 13.0 Å². The minimum Gasteiger partial charge on any atom is -0.481 e. The lowest BCUT2D eigenvalue weighted by molar-refractivity contribution is -0.406. The fourth-order valence-electron chi connectivity index (χ4n) is 6.89. The first-order valence-corrected chi connectivity index (χ1v) is 18.7. The maximum Gasteiger partial charge on any atom is 0.303 e. The molecule has 0 amide bonds. The monoisotopic (exact) mass is 822 g/mol. The standard InChI is InChI=1S/C33H58O23/c34-9-13-18(40)22(44)26(48)30(50-13)54-28-24(46)20(42)15(11-36)52-32(28)56-29-25(47)21(43)16(12-37)53-33(29)55-27-23(45)19(41)14(10-35)51-31(27)49-8-6-4-2-1-3-5-7-17(38)39/h13-16,18-37,40-48H,1-12H2,(H,38,39)/t13?,14?,15?,16?,18-,19-,20-,21-,22+,23+,24+,25+,26?,27?,28?,29?,30+,31+,32+,33+/m1/s1. The van der Waals surface area contributed by atoms with Crippen molar-refractivity contribution in [1.29, 1.82) is 0 Å². The van der Waals surface area contributed by atoms with Crippen molar-refractivity contribution >= 4 is 5.97 Å². The number of carbonyl (C=O) groups is 1. The number of aliphatic hydroxyl groups excluding tert-OH is 13. The van der Waals surface area contributed by atoms with E-state index in [4.69, 9.17) is 43.0 Å². The molecule has 4 rings (SSSR count). The van der Waals surface area contributed by atoms with Crippen molar-refractivity contribution in [2.24, 2.45) is 0 Å². The quantitative estimate of drug-likeness (QED) is 0.0507. The topological polar surface area (TPSA) is 374 Å². The number of hydrogen-bond donors (Lipinski definition) is 14. The second-order valence-corrected chi connectivity index (χ2v) is 14.3. The van der Waals surface area contributed by atoms with Crippen LogP contribution in [0.1, 0.15) is 44.9 Å². The number of carboxylic acid groups (broad SMARTS) is 1. The maximum absolute atomic E-state index is 11.3. The number of rotatable bonds is 20. The van der Waals surface area contributed by atoms with E-state index < -0.39 is 155 Å². The lowest BCUT2D eigenvalue weighted by Crippen LogP contribution is -2.68. The molecule has 23 nitrogen and oxygen atoms in total. The molecule has 0 bridgehead atoms. The molecule has 4 fully saturated rings. The van der Waals surface area contributed by atoms with E-state index in [1.165, 1.54) is 0 Å². The number of hydrogen-bond acceptors (Lipinski definition) is 22. The Labute approximate surface area is 321 Å². The van der Waals surface area contributed by atoms with Crippen LogP contribution in [0, 0.1) is 0 Å². The Balaban J connectivity index is 1.54. The predicted molar refractivity (Wildman–Crippen MR) is 178 cm³/mol. The van der Waals surface area contributed by atoms with Crippen LogP contribution in [0.15, 0.2) is 0 Å². The Bertz CT molecular complexity index is 1150. The fourth-order valence-corrected chi connectivity index (χ4v) is 6.89. The Morgan fingerprint density at radius 1 is 0.411 bits per heavy atom. The molecule has 0 aromatic carbocycles. The van der Waals surface area contributed by atoms with Gasteiger partial charge in [0.2, 0.25) is 0 Å². The largest absolute Gasteiger partial charge is 0.481 e. The lowest BCUT2D eigenvalue weighted by Gasteiger charge is -2.49. The highest BCUT2D eigenvalue weighted by molar-refractivity contribution is 5.66. The summed E-state index contributed by atoms with van der Waals surface area (Å²) in [7, 11) is 0. The predicted octanol–water partition coefficient (Wildman–Crippen LogP) is -6.91. The Kier molecular flexibility index (Phi) is 18.8. The molecule has 56 heavy (non-hydrogen) atoms. The summed E-state index contributed by atoms with van der Waals surface area (Å²) in [4.78, 5) is 10.7. The molecule has 4 aliphatic heterocycles. The van der Waals surface area contributed by atoms with Crippen LogP contribution in [0.5, 0.6) is 0 Å². The molecule has 20 atom stereocenters. The van der Waals surface area contributed by atoms with Crippen LogP contribution in [-0.2, 0) is 42.7 Å². The van der Waals surface area contributed by atoms with E-state index in [9.17, 15) is 71.2 Å². The molecule has 4 aliphatic rings. The zero-order chi connectivity index (χ0) is 41.3. The fraction of sp³-hybridized carbons (Fsp3) is 0.970. The Hall–Kier alpha value is -1.37. The van der Waals surface area contributed by atoms with Gasteiger partial charge in [0.05, 0.1) is 26.4 Å². The van der Waals surface area contributed by atoms with Gasteiger partial charge >= 0.3 is 5.97 Å². The Morgan fingerprint density at radius 2 is 0.750 bits per heavy atom.